The number of amides is 1. The summed E-state index contributed by atoms with van der Waals surface area (Å²) in [5.74, 6) is -0.514. The Bertz CT molecular complexity index is 402. The van der Waals surface area contributed by atoms with Gasteiger partial charge in [-0.25, -0.2) is 0 Å². The van der Waals surface area contributed by atoms with Crippen LogP contribution in [0.15, 0.2) is 24.3 Å². The van der Waals surface area contributed by atoms with Crippen molar-refractivity contribution in [1.29, 1.82) is 0 Å². The zero-order valence-electron chi connectivity index (χ0n) is 9.21. The summed E-state index contributed by atoms with van der Waals surface area (Å²) in [5, 5.41) is 2.37. The van der Waals surface area contributed by atoms with E-state index in [0.717, 1.165) is 0 Å². The molecule has 0 aliphatic carbocycles. The standard InChI is InChI=1S/C11H13F3N2O/c1-7(15)10(17)16-9-5-3-2-4-8(9)6-11(12,13)14/h2-5,7H,6,15H2,1H3,(H,16,17)/t7-/m0/s1. The van der Waals surface area contributed by atoms with E-state index in [4.69, 9.17) is 5.73 Å². The Kier molecular flexibility index (Phi) is 4.11. The van der Waals surface area contributed by atoms with Crippen LogP contribution in [0.25, 0.3) is 0 Å². The Labute approximate surface area is 96.8 Å². The maximum atomic E-state index is 12.3. The van der Waals surface area contributed by atoms with E-state index in [1.807, 2.05) is 0 Å². The number of hydrogen-bond donors (Lipinski definition) is 2. The Morgan fingerprint density at radius 3 is 2.53 bits per heavy atom. The number of benzene rings is 1. The summed E-state index contributed by atoms with van der Waals surface area (Å²) in [6.07, 6.45) is -5.39. The van der Waals surface area contributed by atoms with Gasteiger partial charge in [0.2, 0.25) is 5.91 Å². The predicted octanol–water partition coefficient (Wildman–Crippen LogP) is 2.08. The highest BCUT2D eigenvalue weighted by molar-refractivity contribution is 5.95. The largest absolute Gasteiger partial charge is 0.393 e. The lowest BCUT2D eigenvalue weighted by atomic mass is 10.1. The summed E-state index contributed by atoms with van der Waals surface area (Å²) >= 11 is 0. The monoisotopic (exact) mass is 246 g/mol. The van der Waals surface area contributed by atoms with Crippen LogP contribution in [0.1, 0.15) is 12.5 Å². The lowest BCUT2D eigenvalue weighted by molar-refractivity contribution is -0.127. The molecule has 0 heterocycles. The first-order chi connectivity index (χ1) is 7.79. The molecule has 0 aliphatic heterocycles. The summed E-state index contributed by atoms with van der Waals surface area (Å²) in [7, 11) is 0. The van der Waals surface area contributed by atoms with Crippen molar-refractivity contribution in [3.05, 3.63) is 29.8 Å². The molecule has 1 aromatic carbocycles. The number of anilines is 1. The van der Waals surface area contributed by atoms with Crippen LogP contribution in [-0.2, 0) is 11.2 Å². The fraction of sp³-hybridized carbons (Fsp3) is 0.364. The first-order valence-electron chi connectivity index (χ1n) is 5.00. The normalized spacial score (nSPS) is 13.2. The Morgan fingerprint density at radius 1 is 1.41 bits per heavy atom. The number of para-hydroxylation sites is 1. The second-order valence-electron chi connectivity index (χ2n) is 3.73. The third-order valence-corrected chi connectivity index (χ3v) is 2.08. The topological polar surface area (TPSA) is 55.1 Å². The number of carbonyl (C=O) groups is 1. The zero-order valence-corrected chi connectivity index (χ0v) is 9.21. The van der Waals surface area contributed by atoms with E-state index in [1.54, 1.807) is 6.07 Å². The molecule has 17 heavy (non-hydrogen) atoms. The number of hydrogen-bond acceptors (Lipinski definition) is 2. The van der Waals surface area contributed by atoms with Gasteiger partial charge in [0.05, 0.1) is 12.5 Å². The van der Waals surface area contributed by atoms with Gasteiger partial charge < -0.3 is 11.1 Å². The Morgan fingerprint density at radius 2 is 2.00 bits per heavy atom. The number of carbonyl (C=O) groups excluding carboxylic acids is 1. The summed E-state index contributed by atoms with van der Waals surface area (Å²) in [5.41, 5.74) is 5.49. The highest BCUT2D eigenvalue weighted by atomic mass is 19.4. The van der Waals surface area contributed by atoms with Gasteiger partial charge in [-0.15, -0.1) is 0 Å². The number of nitrogens with two attached hydrogens (primary N) is 1. The molecule has 1 amide bonds. The molecule has 94 valence electrons. The molecule has 1 atom stereocenters. The molecule has 0 saturated heterocycles. The third kappa shape index (κ3) is 4.44. The average Bonchev–Trinajstić information content (AvgIpc) is 2.18. The van der Waals surface area contributed by atoms with Crippen LogP contribution in [-0.4, -0.2) is 18.1 Å². The van der Waals surface area contributed by atoms with Gasteiger partial charge in [0.15, 0.2) is 0 Å². The molecule has 1 rings (SSSR count). The minimum absolute atomic E-state index is 0.0222. The lowest BCUT2D eigenvalue weighted by Gasteiger charge is -2.13. The smallest absolute Gasteiger partial charge is 0.324 e. The highest BCUT2D eigenvalue weighted by Crippen LogP contribution is 2.25. The van der Waals surface area contributed by atoms with Gasteiger partial charge in [-0.1, -0.05) is 18.2 Å². The van der Waals surface area contributed by atoms with Crippen molar-refractivity contribution in [1.82, 2.24) is 0 Å². The molecule has 3 nitrogen and oxygen atoms in total. The van der Waals surface area contributed by atoms with Crippen LogP contribution in [0.4, 0.5) is 18.9 Å². The van der Waals surface area contributed by atoms with Crippen molar-refractivity contribution in [2.75, 3.05) is 5.32 Å². The maximum absolute atomic E-state index is 12.3. The molecule has 0 saturated carbocycles. The second-order valence-corrected chi connectivity index (χ2v) is 3.73. The third-order valence-electron chi connectivity index (χ3n) is 2.08. The van der Waals surface area contributed by atoms with E-state index in [9.17, 15) is 18.0 Å². The number of nitrogens with one attached hydrogen (secondary N) is 1. The van der Waals surface area contributed by atoms with Gasteiger partial charge in [-0.05, 0) is 18.6 Å². The van der Waals surface area contributed by atoms with Crippen LogP contribution in [0.5, 0.6) is 0 Å². The summed E-state index contributed by atoms with van der Waals surface area (Å²) in [6, 6.07) is 5.01. The van der Waals surface area contributed by atoms with Gasteiger partial charge in [0.25, 0.3) is 0 Å². The molecule has 0 spiro atoms. The van der Waals surface area contributed by atoms with E-state index in [0.29, 0.717) is 0 Å². The summed E-state index contributed by atoms with van der Waals surface area (Å²) in [4.78, 5) is 11.3. The molecule has 0 fully saturated rings. The van der Waals surface area contributed by atoms with Gasteiger partial charge in [0, 0.05) is 5.69 Å². The minimum atomic E-state index is -4.31. The fourth-order valence-electron chi connectivity index (χ4n) is 1.26. The molecule has 0 bridgehead atoms. The molecular weight excluding hydrogens is 233 g/mol. The molecule has 1 aromatic rings. The second kappa shape index (κ2) is 5.18. The Balaban J connectivity index is 2.89. The van der Waals surface area contributed by atoms with Crippen LogP contribution in [0, 0.1) is 0 Å². The summed E-state index contributed by atoms with van der Waals surface area (Å²) < 4.78 is 36.8. The van der Waals surface area contributed by atoms with E-state index >= 15 is 0 Å². The van der Waals surface area contributed by atoms with Crippen molar-refractivity contribution >= 4 is 11.6 Å². The number of halogens is 3. The highest BCUT2D eigenvalue weighted by Gasteiger charge is 2.29. The quantitative estimate of drug-likeness (QED) is 0.857. The van der Waals surface area contributed by atoms with E-state index in [-0.39, 0.29) is 11.3 Å². The molecular formula is C11H13F3N2O. The first kappa shape index (κ1) is 13.5. The van der Waals surface area contributed by atoms with Gasteiger partial charge in [0.1, 0.15) is 0 Å². The van der Waals surface area contributed by atoms with Crippen LogP contribution < -0.4 is 11.1 Å². The van der Waals surface area contributed by atoms with Crippen molar-refractivity contribution in [3.63, 3.8) is 0 Å². The fourth-order valence-corrected chi connectivity index (χ4v) is 1.26. The molecule has 3 N–H and O–H groups in total. The summed E-state index contributed by atoms with van der Waals surface area (Å²) in [6.45, 7) is 1.46. The molecule has 0 unspecified atom stereocenters. The number of alkyl halides is 3. The minimum Gasteiger partial charge on any atom is -0.324 e. The molecule has 6 heteroatoms. The van der Waals surface area contributed by atoms with Crippen LogP contribution in [0.3, 0.4) is 0 Å². The lowest BCUT2D eigenvalue weighted by Crippen LogP contribution is -2.33. The molecule has 0 radical (unpaired) electrons. The van der Waals surface area contributed by atoms with E-state index in [1.165, 1.54) is 25.1 Å². The van der Waals surface area contributed by atoms with Gasteiger partial charge in [-0.3, -0.25) is 4.79 Å². The maximum Gasteiger partial charge on any atom is 0.393 e. The Hall–Kier alpha value is -1.56. The first-order valence-corrected chi connectivity index (χ1v) is 5.00. The SMILES string of the molecule is C[C@H](N)C(=O)Nc1ccccc1CC(F)(F)F. The van der Waals surface area contributed by atoms with E-state index in [2.05, 4.69) is 5.32 Å². The average molecular weight is 246 g/mol. The molecule has 0 aromatic heterocycles. The van der Waals surface area contributed by atoms with E-state index < -0.39 is 24.5 Å². The van der Waals surface area contributed by atoms with Gasteiger partial charge in [-0.2, -0.15) is 13.2 Å². The van der Waals surface area contributed by atoms with Gasteiger partial charge >= 0.3 is 6.18 Å². The molecule has 0 aliphatic rings. The van der Waals surface area contributed by atoms with Crippen LogP contribution >= 0.6 is 0 Å². The van der Waals surface area contributed by atoms with Crippen molar-refractivity contribution in [2.24, 2.45) is 5.73 Å². The number of rotatable bonds is 3. The van der Waals surface area contributed by atoms with Crippen LogP contribution in [0.2, 0.25) is 0 Å². The predicted molar refractivity (Wildman–Crippen MR) is 58.5 cm³/mol. The van der Waals surface area contributed by atoms with Crippen molar-refractivity contribution < 1.29 is 18.0 Å². The zero-order chi connectivity index (χ0) is 13.1. The van der Waals surface area contributed by atoms with Crippen molar-refractivity contribution in [3.8, 4) is 0 Å². The van der Waals surface area contributed by atoms with Crippen molar-refractivity contribution in [2.45, 2.75) is 25.6 Å².